The summed E-state index contributed by atoms with van der Waals surface area (Å²) in [7, 11) is 4.06. The van der Waals surface area contributed by atoms with Crippen LogP contribution < -0.4 is 29.6 Å². The zero-order valence-electron chi connectivity index (χ0n) is 47.2. The number of aryl methyl sites for hydroxylation is 2. The third kappa shape index (κ3) is 8.61. The Bertz CT molecular complexity index is 3080. The fraction of sp³-hybridized carbons (Fsp3) is 0.533. The molecule has 4 aromatic carbocycles. The predicted molar refractivity (Wildman–Crippen MR) is 288 cm³/mol. The van der Waals surface area contributed by atoms with Gasteiger partial charge in [-0.05, 0) is 115 Å². The molecule has 8 heterocycles. The number of nitriles is 2. The first-order valence-corrected chi connectivity index (χ1v) is 27.4. The van der Waals surface area contributed by atoms with Crippen molar-refractivity contribution in [3.05, 3.63) is 90.0 Å². The summed E-state index contributed by atoms with van der Waals surface area (Å²) in [5, 5.41) is 73.2. The first kappa shape index (κ1) is 56.7. The predicted octanol–water partition coefficient (Wildman–Crippen LogP) is 6.59. The van der Waals surface area contributed by atoms with E-state index < -0.39 is 24.2 Å². The summed E-state index contributed by atoms with van der Waals surface area (Å²) in [4.78, 5) is 34.4. The number of carbonyl (C=O) groups is 2. The second kappa shape index (κ2) is 21.1. The van der Waals surface area contributed by atoms with E-state index in [1.54, 1.807) is 0 Å². The van der Waals surface area contributed by atoms with E-state index in [1.807, 2.05) is 83.3 Å². The van der Waals surface area contributed by atoms with Crippen molar-refractivity contribution < 1.29 is 93.0 Å². The standard InChI is InChI=1S/2C30H36N4O5.Ac/c2*1-13(2)30(37)32-11-22-24-18(26(35)16(5)28-29(24)39-12-38-28)9-20-25-23-17(7-14(3)15(4)27(23)36)8-19(33(25)6)21(10-31)34(20)22;/h2*7,13,19-22,25,35-36H,8-9,11-12H2,1-6H3,(H,32,37);/t2*19-,20?,21-,22-,25-;/m00./s1. The molecule has 6 N–H and O–H groups in total. The summed E-state index contributed by atoms with van der Waals surface area (Å²) in [6, 6.07) is 6.58. The van der Waals surface area contributed by atoms with Gasteiger partial charge in [-0.1, -0.05) is 39.8 Å². The smallest absolute Gasteiger partial charge is 0.231 e. The molecule has 0 aromatic heterocycles. The van der Waals surface area contributed by atoms with Crippen LogP contribution in [0.25, 0.3) is 0 Å². The van der Waals surface area contributed by atoms with Crippen LogP contribution in [0.2, 0.25) is 0 Å². The fourth-order valence-electron chi connectivity index (χ4n) is 14.6. The van der Waals surface area contributed by atoms with E-state index in [4.69, 9.17) is 18.9 Å². The number of nitrogens with one attached hydrogen (secondary N) is 2. The minimum atomic E-state index is -0.483. The van der Waals surface area contributed by atoms with Crippen molar-refractivity contribution in [2.75, 3.05) is 40.8 Å². The van der Waals surface area contributed by atoms with Crippen molar-refractivity contribution in [1.29, 1.82) is 10.5 Å². The van der Waals surface area contributed by atoms with Gasteiger partial charge in [-0.25, -0.2) is 0 Å². The zero-order valence-corrected chi connectivity index (χ0v) is 52.0. The molecule has 4 aromatic rings. The molecule has 1 radical (unpaired) electrons. The molecule has 2 saturated heterocycles. The van der Waals surface area contributed by atoms with E-state index >= 15 is 0 Å². The van der Waals surface area contributed by atoms with Gasteiger partial charge in [0.05, 0.1) is 36.3 Å². The SMILES string of the molecule is Cc1cc2c(c(O)c1C)[C@@H]1C3Cc4c(O)c(C)c5c(c4[C@H](CNC(=O)C(C)C)N3[C@@H](C#N)[C@H](C2)N1C)OCO5.Cc1cc2c(c(O)c1C)[C@@H]1C3Cc4c(O)c(C)c5c(c4[C@H](CNC(=O)C(C)C)N3[C@@H](C#N)[C@H](C2)N1C)OCO5.[Ac]. The Balaban J connectivity index is 0.000000176. The van der Waals surface area contributed by atoms with Gasteiger partial charge < -0.3 is 50.0 Å². The summed E-state index contributed by atoms with van der Waals surface area (Å²) in [6.07, 6.45) is 2.18. The van der Waals surface area contributed by atoms with Crippen LogP contribution in [0, 0.1) is 120 Å². The van der Waals surface area contributed by atoms with Crippen molar-refractivity contribution in [2.24, 2.45) is 11.8 Å². The third-order valence-electron chi connectivity index (χ3n) is 18.9. The molecule has 18 nitrogen and oxygen atoms in total. The van der Waals surface area contributed by atoms with E-state index in [-0.39, 0.29) is 142 Å². The summed E-state index contributed by atoms with van der Waals surface area (Å²) in [6.45, 7) is 19.5. The first-order chi connectivity index (χ1) is 37.1. The number of ether oxygens (including phenoxy) is 4. The van der Waals surface area contributed by atoms with Crippen molar-refractivity contribution in [3.63, 3.8) is 0 Å². The summed E-state index contributed by atoms with van der Waals surface area (Å²) in [5.41, 5.74) is 12.0. The molecule has 0 saturated carbocycles. The van der Waals surface area contributed by atoms with Crippen molar-refractivity contribution >= 4 is 11.8 Å². The molecule has 2 fully saturated rings. The number of likely N-dealkylation sites (N-methyl/N-ethyl adjacent to an activating group) is 2. The number of amides is 2. The number of phenolic OH excluding ortho intramolecular Hbond substituents is 4. The number of fused-ring (bicyclic) bond motifs is 18. The van der Waals surface area contributed by atoms with Crippen LogP contribution in [0.15, 0.2) is 12.1 Å². The van der Waals surface area contributed by atoms with Crippen LogP contribution in [0.5, 0.6) is 46.0 Å². The van der Waals surface area contributed by atoms with Crippen LogP contribution >= 0.6 is 0 Å². The molecule has 0 spiro atoms. The molecule has 2 amide bonds. The van der Waals surface area contributed by atoms with Gasteiger partial charge in [0.2, 0.25) is 25.4 Å². The van der Waals surface area contributed by atoms with E-state index in [2.05, 4.69) is 54.5 Å². The van der Waals surface area contributed by atoms with Gasteiger partial charge >= 0.3 is 0 Å². The number of piperazine rings is 2. The van der Waals surface area contributed by atoms with E-state index in [1.165, 1.54) is 0 Å². The Kier molecular flexibility index (Phi) is 15.2. The van der Waals surface area contributed by atoms with Gasteiger partial charge in [-0.3, -0.25) is 29.2 Å². The van der Waals surface area contributed by atoms with Gasteiger partial charge in [-0.2, -0.15) is 10.5 Å². The van der Waals surface area contributed by atoms with Gasteiger partial charge in [0.15, 0.2) is 23.0 Å². The number of carbonyl (C=O) groups excluding carboxylic acids is 2. The van der Waals surface area contributed by atoms with Gasteiger partial charge in [-0.15, -0.1) is 0 Å². The Morgan fingerprint density at radius 3 is 1.25 bits per heavy atom. The number of phenols is 4. The van der Waals surface area contributed by atoms with Gasteiger partial charge in [0, 0.05) is 138 Å². The number of benzene rings is 4. The number of hydrogen-bond donors (Lipinski definition) is 6. The minimum Gasteiger partial charge on any atom is -0.507 e. The number of hydrogen-bond acceptors (Lipinski definition) is 16. The van der Waals surface area contributed by atoms with Gasteiger partial charge in [0.25, 0.3) is 0 Å². The zero-order chi connectivity index (χ0) is 55.8. The Hall–Kier alpha value is -5.52. The molecule has 19 heteroatoms. The Labute approximate surface area is 498 Å². The normalized spacial score (nSPS) is 26.6. The largest absolute Gasteiger partial charge is 0.507 e. The molecule has 8 aliphatic heterocycles. The molecule has 2 unspecified atom stereocenters. The molecule has 8 aliphatic rings. The van der Waals surface area contributed by atoms with E-state index in [9.17, 15) is 40.5 Å². The van der Waals surface area contributed by atoms with E-state index in [0.29, 0.717) is 71.3 Å². The van der Waals surface area contributed by atoms with Crippen LogP contribution in [0.1, 0.15) is 130 Å². The number of nitrogens with zero attached hydrogens (tertiary/aromatic N) is 6. The van der Waals surface area contributed by atoms with Crippen molar-refractivity contribution in [2.45, 2.75) is 155 Å². The third-order valence-corrected chi connectivity index (χ3v) is 18.9. The Morgan fingerprint density at radius 2 is 0.911 bits per heavy atom. The van der Waals surface area contributed by atoms with Crippen molar-refractivity contribution in [1.82, 2.24) is 30.2 Å². The average molecular weight is 1290 g/mol. The molecule has 12 rings (SSSR count). The molecule has 79 heavy (non-hydrogen) atoms. The van der Waals surface area contributed by atoms with Crippen LogP contribution in [-0.4, -0.2) is 129 Å². The van der Waals surface area contributed by atoms with Crippen molar-refractivity contribution in [3.8, 4) is 58.1 Å². The number of rotatable bonds is 6. The first-order valence-electron chi connectivity index (χ1n) is 27.4. The minimum absolute atomic E-state index is 0. The van der Waals surface area contributed by atoms with Crippen LogP contribution in [-0.2, 0) is 35.3 Å². The maximum absolute atomic E-state index is 12.7. The fourth-order valence-corrected chi connectivity index (χ4v) is 14.6. The van der Waals surface area contributed by atoms with Gasteiger partial charge in [0.1, 0.15) is 35.1 Å². The summed E-state index contributed by atoms with van der Waals surface area (Å²) < 4.78 is 23.5. The molecular formula is C60H72AcN8O10. The Morgan fingerprint density at radius 1 is 0.557 bits per heavy atom. The molecule has 10 atom stereocenters. The van der Waals surface area contributed by atoms with Crippen LogP contribution in [0.4, 0.5) is 0 Å². The molecular weight excluding hydrogens is 1220 g/mol. The molecule has 0 aliphatic carbocycles. The van der Waals surface area contributed by atoms with E-state index in [0.717, 1.165) is 66.8 Å². The molecule has 4 bridgehead atoms. The second-order valence-corrected chi connectivity index (χ2v) is 23.5. The monoisotopic (exact) mass is 1290 g/mol. The topological polar surface area (TPSA) is 237 Å². The second-order valence-electron chi connectivity index (χ2n) is 23.5. The van der Waals surface area contributed by atoms with Crippen LogP contribution in [0.3, 0.4) is 0 Å². The maximum atomic E-state index is 12.7. The summed E-state index contributed by atoms with van der Waals surface area (Å²) >= 11 is 0. The number of aromatic hydroxyl groups is 4. The quantitative estimate of drug-likeness (QED) is 0.119. The average Bonchev–Trinajstić information content (AvgIpc) is 4.24. The summed E-state index contributed by atoms with van der Waals surface area (Å²) in [5.74, 6) is 2.56. The molecule has 415 valence electrons. The maximum Gasteiger partial charge on any atom is 0.231 e.